The van der Waals surface area contributed by atoms with Gasteiger partial charge in [0.15, 0.2) is 0 Å². The van der Waals surface area contributed by atoms with Crippen LogP contribution in [0.1, 0.15) is 19.4 Å². The summed E-state index contributed by atoms with van der Waals surface area (Å²) in [6, 6.07) is 0. The summed E-state index contributed by atoms with van der Waals surface area (Å²) in [7, 11) is 4.08. The van der Waals surface area contributed by atoms with Crippen LogP contribution in [0.4, 0.5) is 11.6 Å². The van der Waals surface area contributed by atoms with Crippen molar-refractivity contribution in [2.75, 3.05) is 43.9 Å². The van der Waals surface area contributed by atoms with Crippen LogP contribution >= 0.6 is 0 Å². The third kappa shape index (κ3) is 2.27. The first-order valence-corrected chi connectivity index (χ1v) is 6.41. The zero-order valence-electron chi connectivity index (χ0n) is 12.0. The molecule has 0 aliphatic carbocycles. The highest BCUT2D eigenvalue weighted by Crippen LogP contribution is 2.27. The van der Waals surface area contributed by atoms with Crippen LogP contribution in [0.15, 0.2) is 6.33 Å². The summed E-state index contributed by atoms with van der Waals surface area (Å²) >= 11 is 0. The van der Waals surface area contributed by atoms with Crippen molar-refractivity contribution >= 4 is 11.6 Å². The molecule has 2 heterocycles. The first-order valence-electron chi connectivity index (χ1n) is 6.41. The van der Waals surface area contributed by atoms with Crippen LogP contribution in [-0.2, 0) is 0 Å². The number of nitrogens with one attached hydrogen (secondary N) is 1. The van der Waals surface area contributed by atoms with Crippen molar-refractivity contribution in [3.8, 4) is 0 Å². The second-order valence-electron chi connectivity index (χ2n) is 5.58. The van der Waals surface area contributed by atoms with Gasteiger partial charge in [0, 0.05) is 37.8 Å². The summed E-state index contributed by atoms with van der Waals surface area (Å²) in [6.45, 7) is 9.69. The van der Waals surface area contributed by atoms with E-state index in [1.54, 1.807) is 6.33 Å². The van der Waals surface area contributed by atoms with Gasteiger partial charge in [0.1, 0.15) is 18.0 Å². The van der Waals surface area contributed by atoms with E-state index in [-0.39, 0.29) is 5.54 Å². The number of hydrogen-bond acceptors (Lipinski definition) is 5. The van der Waals surface area contributed by atoms with Gasteiger partial charge in [-0.1, -0.05) is 0 Å². The Labute approximate surface area is 109 Å². The number of nitrogens with zero attached hydrogens (tertiary/aromatic N) is 4. The maximum Gasteiger partial charge on any atom is 0.137 e. The highest BCUT2D eigenvalue weighted by molar-refractivity contribution is 5.58. The Morgan fingerprint density at radius 3 is 2.61 bits per heavy atom. The molecule has 0 amide bonds. The fourth-order valence-electron chi connectivity index (χ4n) is 2.43. The molecule has 5 heteroatoms. The molecule has 1 saturated heterocycles. The van der Waals surface area contributed by atoms with Gasteiger partial charge in [-0.15, -0.1) is 0 Å². The van der Waals surface area contributed by atoms with E-state index in [0.29, 0.717) is 0 Å². The van der Waals surface area contributed by atoms with Crippen LogP contribution in [0.3, 0.4) is 0 Å². The minimum Gasteiger partial charge on any atom is -0.373 e. The van der Waals surface area contributed by atoms with Crippen LogP contribution in [0.25, 0.3) is 0 Å². The predicted octanol–water partition coefficient (Wildman–Crippen LogP) is 1.36. The number of rotatable bonds is 2. The van der Waals surface area contributed by atoms with Gasteiger partial charge in [0.25, 0.3) is 0 Å². The molecule has 0 spiro atoms. The second kappa shape index (κ2) is 4.72. The molecule has 100 valence electrons. The lowest BCUT2D eigenvalue weighted by molar-refractivity contribution is 0.138. The van der Waals surface area contributed by atoms with Gasteiger partial charge in [0.05, 0.1) is 0 Å². The van der Waals surface area contributed by atoms with Crippen LogP contribution < -0.4 is 10.2 Å². The largest absolute Gasteiger partial charge is 0.373 e. The molecule has 0 aromatic carbocycles. The minimum absolute atomic E-state index is 0.176. The molecule has 18 heavy (non-hydrogen) atoms. The van der Waals surface area contributed by atoms with Gasteiger partial charge in [0.2, 0.25) is 0 Å². The van der Waals surface area contributed by atoms with E-state index in [1.165, 1.54) is 0 Å². The van der Waals surface area contributed by atoms with E-state index in [4.69, 9.17) is 0 Å². The van der Waals surface area contributed by atoms with Gasteiger partial charge in [-0.2, -0.15) is 0 Å². The lowest BCUT2D eigenvalue weighted by Gasteiger charge is -2.46. The monoisotopic (exact) mass is 249 g/mol. The molecule has 0 radical (unpaired) electrons. The van der Waals surface area contributed by atoms with Crippen molar-refractivity contribution in [2.24, 2.45) is 0 Å². The molecular weight excluding hydrogens is 226 g/mol. The number of anilines is 2. The van der Waals surface area contributed by atoms with Gasteiger partial charge in [-0.25, -0.2) is 9.97 Å². The maximum atomic E-state index is 4.46. The van der Waals surface area contributed by atoms with Crippen molar-refractivity contribution in [3.05, 3.63) is 11.9 Å². The summed E-state index contributed by atoms with van der Waals surface area (Å²) in [4.78, 5) is 13.5. The molecule has 0 unspecified atom stereocenters. The standard InChI is InChI=1S/C13H23N5/c1-10-11(14-4)15-9-16-12(10)18-7-6-17(5)13(2,3)8-18/h9H,6-8H2,1-5H3,(H,14,15,16). The van der Waals surface area contributed by atoms with E-state index in [2.05, 4.69) is 52.9 Å². The molecule has 5 nitrogen and oxygen atoms in total. The molecule has 2 rings (SSSR count). The van der Waals surface area contributed by atoms with Crippen LogP contribution in [0.5, 0.6) is 0 Å². The SMILES string of the molecule is CNc1ncnc(N2CCN(C)C(C)(C)C2)c1C. The zero-order chi connectivity index (χ0) is 13.3. The van der Waals surface area contributed by atoms with Gasteiger partial charge in [-0.3, -0.25) is 4.90 Å². The fourth-order valence-corrected chi connectivity index (χ4v) is 2.43. The number of hydrogen-bond donors (Lipinski definition) is 1. The number of likely N-dealkylation sites (N-methyl/N-ethyl adjacent to an activating group) is 1. The van der Waals surface area contributed by atoms with Gasteiger partial charge < -0.3 is 10.2 Å². The topological polar surface area (TPSA) is 44.3 Å². The Kier molecular flexibility index (Phi) is 3.43. The summed E-state index contributed by atoms with van der Waals surface area (Å²) in [5, 5.41) is 3.12. The predicted molar refractivity (Wildman–Crippen MR) is 75.2 cm³/mol. The first-order chi connectivity index (χ1) is 8.45. The van der Waals surface area contributed by atoms with Crippen LogP contribution in [0.2, 0.25) is 0 Å². The lowest BCUT2D eigenvalue weighted by Crippen LogP contribution is -2.58. The van der Waals surface area contributed by atoms with E-state index in [1.807, 2.05) is 7.05 Å². The molecule has 1 aliphatic rings. The fraction of sp³-hybridized carbons (Fsp3) is 0.692. The summed E-state index contributed by atoms with van der Waals surface area (Å²) < 4.78 is 0. The van der Waals surface area contributed by atoms with E-state index >= 15 is 0 Å². The van der Waals surface area contributed by atoms with Crippen LogP contribution in [0, 0.1) is 6.92 Å². The summed E-state index contributed by atoms with van der Waals surface area (Å²) in [6.07, 6.45) is 1.64. The third-order valence-electron chi connectivity index (χ3n) is 3.91. The van der Waals surface area contributed by atoms with E-state index < -0.39 is 0 Å². The molecule has 1 aliphatic heterocycles. The quantitative estimate of drug-likeness (QED) is 0.857. The molecular formula is C13H23N5. The average Bonchev–Trinajstić information content (AvgIpc) is 2.33. The summed E-state index contributed by atoms with van der Waals surface area (Å²) in [5.74, 6) is 1.97. The second-order valence-corrected chi connectivity index (χ2v) is 5.58. The first kappa shape index (κ1) is 13.1. The molecule has 0 bridgehead atoms. The lowest BCUT2D eigenvalue weighted by atomic mass is 9.99. The Morgan fingerprint density at radius 2 is 2.00 bits per heavy atom. The van der Waals surface area contributed by atoms with Gasteiger partial charge in [-0.05, 0) is 27.8 Å². The normalized spacial score (nSPS) is 19.9. The molecule has 1 aromatic rings. The Balaban J connectivity index is 2.28. The average molecular weight is 249 g/mol. The van der Waals surface area contributed by atoms with Crippen molar-refractivity contribution in [3.63, 3.8) is 0 Å². The maximum absolute atomic E-state index is 4.46. The van der Waals surface area contributed by atoms with Crippen molar-refractivity contribution < 1.29 is 0 Å². The van der Waals surface area contributed by atoms with Crippen molar-refractivity contribution in [1.29, 1.82) is 0 Å². The minimum atomic E-state index is 0.176. The van der Waals surface area contributed by atoms with Crippen molar-refractivity contribution in [2.45, 2.75) is 26.3 Å². The molecule has 1 fully saturated rings. The summed E-state index contributed by atoms with van der Waals surface area (Å²) in [5.41, 5.74) is 1.30. The Hall–Kier alpha value is -1.36. The zero-order valence-corrected chi connectivity index (χ0v) is 12.0. The molecule has 0 saturated carbocycles. The third-order valence-corrected chi connectivity index (χ3v) is 3.91. The smallest absolute Gasteiger partial charge is 0.137 e. The number of aromatic nitrogens is 2. The van der Waals surface area contributed by atoms with Gasteiger partial charge >= 0.3 is 0 Å². The highest BCUT2D eigenvalue weighted by atomic mass is 15.3. The van der Waals surface area contributed by atoms with E-state index in [9.17, 15) is 0 Å². The Bertz CT molecular complexity index is 429. The molecule has 1 N–H and O–H groups in total. The van der Waals surface area contributed by atoms with E-state index in [0.717, 1.165) is 36.8 Å². The molecule has 1 aromatic heterocycles. The van der Waals surface area contributed by atoms with Crippen LogP contribution in [-0.4, -0.2) is 54.1 Å². The number of piperazine rings is 1. The van der Waals surface area contributed by atoms with Crippen molar-refractivity contribution in [1.82, 2.24) is 14.9 Å². The highest BCUT2D eigenvalue weighted by Gasteiger charge is 2.32. The Morgan fingerprint density at radius 1 is 1.28 bits per heavy atom. The molecule has 0 atom stereocenters.